The standard InChI is InChI=1S/C44H51N9O11S/c1-24(2)19-29-38(57)46-30(20-25-23-45-28-12-7-6-11-27(25)28)39(58)48-32(22-35(55)56)40(59)47-31(21-34(54)53-16-14-52(15-17-53)26-9-4-3-5-10-26)41(60)51-37(44(63)64)43(62)50-36(42(61)49-29)33-13-8-18-65-33/h3-13,18,23-24,29-32,36-37,45H,14-17,19-22H2,1-2H3,(H,46,57)(H,47,59)(H,48,58)(H,49,61)(H,50,62)(H,51,60)(H,55,56)(H,63,64)/t29-,30-,31+,32+,36-,37+/m0/s1. The molecule has 0 spiro atoms. The first-order chi connectivity index (χ1) is 31.1. The molecule has 6 atom stereocenters. The van der Waals surface area contributed by atoms with Gasteiger partial charge in [0.25, 0.3) is 5.91 Å². The number of anilines is 1. The van der Waals surface area contributed by atoms with Gasteiger partial charge in [0.05, 0.1) is 12.8 Å². The molecular formula is C44H51N9O11S. The minimum atomic E-state index is -2.38. The lowest BCUT2D eigenvalue weighted by molar-refractivity contribution is -0.148. The molecule has 6 rings (SSSR count). The summed E-state index contributed by atoms with van der Waals surface area (Å²) in [5.74, 6) is -10.9. The third-order valence-corrected chi connectivity index (χ3v) is 12.0. The number of piperazine rings is 1. The van der Waals surface area contributed by atoms with Gasteiger partial charge in [-0.15, -0.1) is 11.3 Å². The molecule has 2 aliphatic rings. The number of carboxylic acid groups (broad SMARTS) is 2. The average Bonchev–Trinajstić information content (AvgIpc) is 3.96. The van der Waals surface area contributed by atoms with Crippen LogP contribution >= 0.6 is 11.3 Å². The molecule has 2 saturated heterocycles. The van der Waals surface area contributed by atoms with Crippen molar-refractivity contribution < 1.29 is 53.4 Å². The summed E-state index contributed by atoms with van der Waals surface area (Å²) in [6.07, 6.45) is -0.296. The maximum absolute atomic E-state index is 14.3. The summed E-state index contributed by atoms with van der Waals surface area (Å²) >= 11 is 1.04. The molecule has 20 nitrogen and oxygen atoms in total. The van der Waals surface area contributed by atoms with Gasteiger partial charge >= 0.3 is 11.9 Å². The molecule has 0 radical (unpaired) electrons. The van der Waals surface area contributed by atoms with Crippen LogP contribution in [0, 0.1) is 5.92 Å². The third kappa shape index (κ3) is 12.3. The SMILES string of the molecule is CC(C)C[C@@H]1NC(=O)[C@H](c2cccs2)NC(=O)[C@H](C(=O)O)NC(=O)[C@@H](CC(=O)N2CCN(c3ccccc3)CC2)NC(=O)[C@@H](CC(=O)O)NC(=O)[C@H](Cc2c[nH]c3ccccc23)NC1=O. The third-order valence-electron chi connectivity index (χ3n) is 11.0. The van der Waals surface area contributed by atoms with Crippen molar-refractivity contribution in [3.8, 4) is 0 Å². The second-order valence-electron chi connectivity index (χ2n) is 16.2. The molecule has 2 aromatic heterocycles. The van der Waals surface area contributed by atoms with Crippen LogP contribution in [-0.4, -0.2) is 130 Å². The van der Waals surface area contributed by atoms with Crippen molar-refractivity contribution in [2.75, 3.05) is 31.1 Å². The van der Waals surface area contributed by atoms with E-state index in [-0.39, 0.29) is 36.7 Å². The number of H-pyrrole nitrogens is 1. The monoisotopic (exact) mass is 913 g/mol. The molecule has 4 aromatic rings. The number of aliphatic carboxylic acids is 2. The Morgan fingerprint density at radius 2 is 1.26 bits per heavy atom. The summed E-state index contributed by atoms with van der Waals surface area (Å²) in [6.45, 7) is 4.81. The van der Waals surface area contributed by atoms with Crippen molar-refractivity contribution in [3.63, 3.8) is 0 Å². The number of carboxylic acids is 2. The first-order valence-electron chi connectivity index (χ1n) is 21.0. The van der Waals surface area contributed by atoms with Crippen LogP contribution < -0.4 is 36.8 Å². The van der Waals surface area contributed by atoms with E-state index in [2.05, 4.69) is 36.9 Å². The minimum absolute atomic E-state index is 0.0325. The normalized spacial score (nSPS) is 23.0. The highest BCUT2D eigenvalue weighted by atomic mass is 32.1. The zero-order valence-electron chi connectivity index (χ0n) is 35.6. The number of carbonyl (C=O) groups excluding carboxylic acids is 7. The molecule has 0 bridgehead atoms. The van der Waals surface area contributed by atoms with Crippen LogP contribution in [0.2, 0.25) is 0 Å². The van der Waals surface area contributed by atoms with Crippen LogP contribution in [0.1, 0.15) is 49.6 Å². The number of aromatic amines is 1. The second-order valence-corrected chi connectivity index (χ2v) is 17.2. The van der Waals surface area contributed by atoms with Gasteiger partial charge in [-0.2, -0.15) is 0 Å². The van der Waals surface area contributed by atoms with E-state index in [1.54, 1.807) is 55.8 Å². The summed E-state index contributed by atoms with van der Waals surface area (Å²) < 4.78 is 0. The van der Waals surface area contributed by atoms with Crippen LogP contribution in [0.4, 0.5) is 5.69 Å². The van der Waals surface area contributed by atoms with Crippen LogP contribution in [0.3, 0.4) is 0 Å². The first-order valence-corrected chi connectivity index (χ1v) is 21.9. The maximum Gasteiger partial charge on any atom is 0.336 e. The van der Waals surface area contributed by atoms with E-state index in [4.69, 9.17) is 0 Å². The Bertz CT molecular complexity index is 2400. The molecule has 344 valence electrons. The Labute approximate surface area is 376 Å². The second kappa shape index (κ2) is 21.4. The molecule has 0 unspecified atom stereocenters. The van der Waals surface area contributed by atoms with Gasteiger partial charge in [0.15, 0.2) is 0 Å². The van der Waals surface area contributed by atoms with Gasteiger partial charge in [-0.05, 0) is 47.5 Å². The van der Waals surface area contributed by atoms with E-state index < -0.39 is 102 Å². The fourth-order valence-corrected chi connectivity index (χ4v) is 8.46. The van der Waals surface area contributed by atoms with Gasteiger partial charge < -0.3 is 56.9 Å². The molecule has 2 fully saturated rings. The van der Waals surface area contributed by atoms with Gasteiger partial charge in [0.2, 0.25) is 41.5 Å². The molecular weight excluding hydrogens is 863 g/mol. The number of amides is 7. The minimum Gasteiger partial charge on any atom is -0.481 e. The number of hydrogen-bond acceptors (Lipinski definition) is 11. The predicted octanol–water partition coefficient (Wildman–Crippen LogP) is 0.411. The molecule has 2 aromatic carbocycles. The highest BCUT2D eigenvalue weighted by molar-refractivity contribution is 7.10. The fraction of sp³-hybridized carbons (Fsp3) is 0.386. The van der Waals surface area contributed by atoms with E-state index in [0.29, 0.717) is 29.6 Å². The maximum atomic E-state index is 14.3. The zero-order chi connectivity index (χ0) is 46.8. The Balaban J connectivity index is 1.36. The lowest BCUT2D eigenvalue weighted by atomic mass is 10.00. The lowest BCUT2D eigenvalue weighted by Crippen LogP contribution is -2.62. The molecule has 9 N–H and O–H groups in total. The zero-order valence-corrected chi connectivity index (χ0v) is 36.4. The Hall–Kier alpha value is -7.29. The number of rotatable bonds is 11. The van der Waals surface area contributed by atoms with E-state index in [9.17, 15) is 53.4 Å². The van der Waals surface area contributed by atoms with Crippen LogP contribution in [0.5, 0.6) is 0 Å². The number of nitrogens with one attached hydrogen (secondary N) is 7. The number of para-hydroxylation sites is 2. The van der Waals surface area contributed by atoms with Crippen molar-refractivity contribution in [1.29, 1.82) is 0 Å². The van der Waals surface area contributed by atoms with Crippen LogP contribution in [-0.2, 0) is 49.6 Å². The van der Waals surface area contributed by atoms with Crippen LogP contribution in [0.15, 0.2) is 78.3 Å². The molecule has 21 heteroatoms. The Morgan fingerprint density at radius 3 is 1.91 bits per heavy atom. The van der Waals surface area contributed by atoms with Crippen molar-refractivity contribution >= 4 is 81.2 Å². The Kier molecular flexibility index (Phi) is 15.5. The molecule has 65 heavy (non-hydrogen) atoms. The Morgan fingerprint density at radius 1 is 0.662 bits per heavy atom. The summed E-state index contributed by atoms with van der Waals surface area (Å²) in [5.41, 5.74) is 2.21. The van der Waals surface area contributed by atoms with E-state index in [0.717, 1.165) is 17.0 Å². The van der Waals surface area contributed by atoms with Crippen molar-refractivity contribution in [1.82, 2.24) is 41.8 Å². The summed E-state index contributed by atoms with van der Waals surface area (Å²) in [5, 5.41) is 36.9. The summed E-state index contributed by atoms with van der Waals surface area (Å²) in [4.78, 5) is 130. The number of aromatic nitrogens is 1. The quantitative estimate of drug-likeness (QED) is 0.0926. The van der Waals surface area contributed by atoms with Crippen LogP contribution in [0.25, 0.3) is 10.9 Å². The van der Waals surface area contributed by atoms with Crippen molar-refractivity contribution in [3.05, 3.63) is 88.7 Å². The molecule has 0 saturated carbocycles. The summed E-state index contributed by atoms with van der Waals surface area (Å²) in [6, 6.07) is 9.11. The van der Waals surface area contributed by atoms with E-state index >= 15 is 0 Å². The molecule has 2 aliphatic heterocycles. The number of fused-ring (bicyclic) bond motifs is 1. The topological polar surface area (TPSA) is 289 Å². The highest BCUT2D eigenvalue weighted by Gasteiger charge is 2.39. The van der Waals surface area contributed by atoms with E-state index in [1.165, 1.54) is 11.0 Å². The lowest BCUT2D eigenvalue weighted by Gasteiger charge is -2.36. The van der Waals surface area contributed by atoms with Gasteiger partial charge in [0, 0.05) is 60.3 Å². The van der Waals surface area contributed by atoms with Crippen molar-refractivity contribution in [2.45, 2.75) is 75.8 Å². The number of benzene rings is 2. The molecule has 0 aliphatic carbocycles. The number of carbonyl (C=O) groups is 9. The summed E-state index contributed by atoms with van der Waals surface area (Å²) in [7, 11) is 0. The van der Waals surface area contributed by atoms with Gasteiger partial charge in [0.1, 0.15) is 30.2 Å². The first kappa shape index (κ1) is 47.2. The largest absolute Gasteiger partial charge is 0.481 e. The highest BCUT2D eigenvalue weighted by Crippen LogP contribution is 2.23. The number of nitrogens with zero attached hydrogens (tertiary/aromatic N) is 2. The van der Waals surface area contributed by atoms with E-state index in [1.807, 2.05) is 35.2 Å². The number of thiophene rings is 1. The van der Waals surface area contributed by atoms with Crippen molar-refractivity contribution in [2.24, 2.45) is 5.92 Å². The predicted molar refractivity (Wildman–Crippen MR) is 236 cm³/mol. The van der Waals surface area contributed by atoms with Gasteiger partial charge in [-0.25, -0.2) is 4.79 Å². The molecule has 4 heterocycles. The number of hydrogen-bond donors (Lipinski definition) is 9. The smallest absolute Gasteiger partial charge is 0.336 e. The fourth-order valence-electron chi connectivity index (χ4n) is 7.68. The average molecular weight is 914 g/mol. The van der Waals surface area contributed by atoms with Gasteiger partial charge in [-0.3, -0.25) is 38.4 Å². The van der Waals surface area contributed by atoms with Gasteiger partial charge in [-0.1, -0.05) is 56.3 Å². The molecule has 7 amide bonds.